The van der Waals surface area contributed by atoms with E-state index in [4.69, 9.17) is 5.73 Å². The topological polar surface area (TPSA) is 58.4 Å². The zero-order chi connectivity index (χ0) is 9.97. The Balaban J connectivity index is 2.08. The Kier molecular flexibility index (Phi) is 2.26. The number of carbonyl (C=O) groups excluding carboxylic acids is 1. The molecule has 0 bridgehead atoms. The Morgan fingerprint density at radius 1 is 1.43 bits per heavy atom. The number of carbonyl (C=O) groups is 1. The molecule has 74 valence electrons. The van der Waals surface area contributed by atoms with Crippen molar-refractivity contribution >= 4 is 17.8 Å². The highest BCUT2D eigenvalue weighted by Crippen LogP contribution is 2.25. The molecule has 14 heavy (non-hydrogen) atoms. The number of hydrogen-bond acceptors (Lipinski definition) is 3. The van der Waals surface area contributed by atoms with E-state index in [9.17, 15) is 4.79 Å². The van der Waals surface area contributed by atoms with Gasteiger partial charge in [-0.25, -0.2) is 0 Å². The predicted octanol–water partition coefficient (Wildman–Crippen LogP) is 0.551. The van der Waals surface area contributed by atoms with Crippen LogP contribution in [-0.4, -0.2) is 19.1 Å². The zero-order valence-electron chi connectivity index (χ0n) is 7.81. The summed E-state index contributed by atoms with van der Waals surface area (Å²) < 4.78 is 0. The van der Waals surface area contributed by atoms with Gasteiger partial charge < -0.3 is 16.0 Å². The van der Waals surface area contributed by atoms with Crippen molar-refractivity contribution in [3.05, 3.63) is 24.3 Å². The summed E-state index contributed by atoms with van der Waals surface area (Å²) in [5.74, 6) is 0. The maximum atomic E-state index is 10.3. The minimum Gasteiger partial charge on any atom is -0.399 e. The van der Waals surface area contributed by atoms with Crippen molar-refractivity contribution in [1.29, 1.82) is 0 Å². The number of benzene rings is 1. The van der Waals surface area contributed by atoms with Gasteiger partial charge in [-0.3, -0.25) is 4.79 Å². The summed E-state index contributed by atoms with van der Waals surface area (Å²) in [6.45, 7) is 0.982. The number of anilines is 2. The fraction of sp³-hybridized carbons (Fsp3) is 0.300. The molecule has 1 aliphatic rings. The van der Waals surface area contributed by atoms with E-state index in [-0.39, 0.29) is 6.17 Å². The zero-order valence-corrected chi connectivity index (χ0v) is 7.81. The normalized spacial score (nSPS) is 20.0. The summed E-state index contributed by atoms with van der Waals surface area (Å²) in [7, 11) is 0. The summed E-state index contributed by atoms with van der Waals surface area (Å²) >= 11 is 0. The second-order valence-electron chi connectivity index (χ2n) is 3.37. The minimum atomic E-state index is 0.149. The molecule has 1 unspecified atom stereocenters. The van der Waals surface area contributed by atoms with Gasteiger partial charge in [-0.05, 0) is 24.3 Å². The molecule has 4 nitrogen and oxygen atoms in total. The SMILES string of the molecule is Nc1ccc(N2CCC2NC=O)cc1. The standard InChI is InChI=1S/C10H13N3O/c11-8-1-3-9(4-2-8)13-6-5-10(13)12-7-14/h1-4,7,10H,5-6,11H2,(H,12,14). The van der Waals surface area contributed by atoms with E-state index in [1.54, 1.807) is 0 Å². The first-order chi connectivity index (χ1) is 6.81. The van der Waals surface area contributed by atoms with Gasteiger partial charge in [0.25, 0.3) is 0 Å². The molecule has 1 aliphatic heterocycles. The van der Waals surface area contributed by atoms with Gasteiger partial charge in [0.05, 0.1) is 0 Å². The van der Waals surface area contributed by atoms with Crippen molar-refractivity contribution in [1.82, 2.24) is 5.32 Å². The predicted molar refractivity (Wildman–Crippen MR) is 55.8 cm³/mol. The van der Waals surface area contributed by atoms with Crippen LogP contribution in [0.2, 0.25) is 0 Å². The maximum absolute atomic E-state index is 10.3. The lowest BCUT2D eigenvalue weighted by Gasteiger charge is -2.42. The van der Waals surface area contributed by atoms with Crippen LogP contribution in [0.15, 0.2) is 24.3 Å². The van der Waals surface area contributed by atoms with E-state index >= 15 is 0 Å². The first-order valence-corrected chi connectivity index (χ1v) is 4.63. The van der Waals surface area contributed by atoms with E-state index in [2.05, 4.69) is 10.2 Å². The molecule has 1 amide bonds. The van der Waals surface area contributed by atoms with E-state index in [1.807, 2.05) is 24.3 Å². The minimum absolute atomic E-state index is 0.149. The molecule has 0 spiro atoms. The molecule has 1 heterocycles. The number of nitrogens with one attached hydrogen (secondary N) is 1. The molecule has 1 fully saturated rings. The van der Waals surface area contributed by atoms with Crippen LogP contribution in [0.1, 0.15) is 6.42 Å². The highest BCUT2D eigenvalue weighted by molar-refractivity contribution is 5.57. The average molecular weight is 191 g/mol. The molecule has 0 aromatic heterocycles. The lowest BCUT2D eigenvalue weighted by atomic mass is 10.1. The number of rotatable bonds is 3. The van der Waals surface area contributed by atoms with Crippen LogP contribution in [-0.2, 0) is 4.79 Å². The number of hydrogen-bond donors (Lipinski definition) is 2. The quantitative estimate of drug-likeness (QED) is 0.542. The summed E-state index contributed by atoms with van der Waals surface area (Å²) in [5.41, 5.74) is 7.45. The van der Waals surface area contributed by atoms with Crippen molar-refractivity contribution < 1.29 is 4.79 Å². The van der Waals surface area contributed by atoms with Crippen LogP contribution >= 0.6 is 0 Å². The summed E-state index contributed by atoms with van der Waals surface area (Å²) in [6.07, 6.45) is 1.90. The number of nitrogens with two attached hydrogens (primary N) is 1. The number of amides is 1. The van der Waals surface area contributed by atoms with Gasteiger partial charge in [0.1, 0.15) is 6.17 Å². The fourth-order valence-corrected chi connectivity index (χ4v) is 1.61. The van der Waals surface area contributed by atoms with Crippen LogP contribution in [0.4, 0.5) is 11.4 Å². The molecule has 1 saturated heterocycles. The summed E-state index contributed by atoms with van der Waals surface area (Å²) in [4.78, 5) is 12.4. The summed E-state index contributed by atoms with van der Waals surface area (Å²) in [6, 6.07) is 7.67. The first-order valence-electron chi connectivity index (χ1n) is 4.63. The molecule has 0 radical (unpaired) electrons. The third kappa shape index (κ3) is 1.51. The Hall–Kier alpha value is -1.71. The van der Waals surface area contributed by atoms with Crippen LogP contribution in [0.25, 0.3) is 0 Å². The number of nitrogen functional groups attached to an aromatic ring is 1. The van der Waals surface area contributed by atoms with Crippen molar-refractivity contribution in [3.8, 4) is 0 Å². The van der Waals surface area contributed by atoms with E-state index in [1.165, 1.54) is 0 Å². The Bertz CT molecular complexity index is 323. The monoisotopic (exact) mass is 191 g/mol. The van der Waals surface area contributed by atoms with Gasteiger partial charge >= 0.3 is 0 Å². The second kappa shape index (κ2) is 3.57. The largest absolute Gasteiger partial charge is 0.399 e. The van der Waals surface area contributed by atoms with Crippen molar-refractivity contribution in [2.45, 2.75) is 12.6 Å². The van der Waals surface area contributed by atoms with E-state index < -0.39 is 0 Å². The maximum Gasteiger partial charge on any atom is 0.208 e. The molecular formula is C10H13N3O. The van der Waals surface area contributed by atoms with Crippen molar-refractivity contribution in [2.75, 3.05) is 17.2 Å². The number of nitrogens with zero attached hydrogens (tertiary/aromatic N) is 1. The molecular weight excluding hydrogens is 178 g/mol. The Morgan fingerprint density at radius 2 is 2.14 bits per heavy atom. The molecule has 2 rings (SSSR count). The molecule has 4 heteroatoms. The summed E-state index contributed by atoms with van der Waals surface area (Å²) in [5, 5.41) is 2.76. The Morgan fingerprint density at radius 3 is 2.64 bits per heavy atom. The smallest absolute Gasteiger partial charge is 0.208 e. The lowest BCUT2D eigenvalue weighted by molar-refractivity contribution is -0.110. The molecule has 1 aromatic carbocycles. The third-order valence-electron chi connectivity index (χ3n) is 2.50. The van der Waals surface area contributed by atoms with Gasteiger partial charge in [0.2, 0.25) is 6.41 Å². The molecule has 0 aliphatic carbocycles. The van der Waals surface area contributed by atoms with Crippen LogP contribution in [0, 0.1) is 0 Å². The van der Waals surface area contributed by atoms with Gasteiger partial charge in [0.15, 0.2) is 0 Å². The lowest BCUT2D eigenvalue weighted by Crippen LogP contribution is -2.55. The van der Waals surface area contributed by atoms with Crippen LogP contribution < -0.4 is 16.0 Å². The fourth-order valence-electron chi connectivity index (χ4n) is 1.61. The van der Waals surface area contributed by atoms with Crippen LogP contribution in [0.5, 0.6) is 0 Å². The average Bonchev–Trinajstić information content (AvgIpc) is 2.16. The second-order valence-corrected chi connectivity index (χ2v) is 3.37. The van der Waals surface area contributed by atoms with Crippen molar-refractivity contribution in [3.63, 3.8) is 0 Å². The Labute approximate surface area is 82.7 Å². The van der Waals surface area contributed by atoms with Gasteiger partial charge in [-0.2, -0.15) is 0 Å². The highest BCUT2D eigenvalue weighted by atomic mass is 16.1. The molecule has 1 atom stereocenters. The highest BCUT2D eigenvalue weighted by Gasteiger charge is 2.27. The van der Waals surface area contributed by atoms with Gasteiger partial charge in [-0.15, -0.1) is 0 Å². The van der Waals surface area contributed by atoms with Gasteiger partial charge in [0, 0.05) is 24.3 Å². The van der Waals surface area contributed by atoms with Crippen molar-refractivity contribution in [2.24, 2.45) is 0 Å². The van der Waals surface area contributed by atoms with Crippen LogP contribution in [0.3, 0.4) is 0 Å². The molecule has 1 aromatic rings. The van der Waals surface area contributed by atoms with Gasteiger partial charge in [-0.1, -0.05) is 0 Å². The molecule has 3 N–H and O–H groups in total. The van der Waals surface area contributed by atoms with E-state index in [0.717, 1.165) is 30.8 Å². The molecule has 0 saturated carbocycles. The van der Waals surface area contributed by atoms with E-state index in [0.29, 0.717) is 0 Å². The first kappa shape index (κ1) is 8.87. The third-order valence-corrected chi connectivity index (χ3v) is 2.50.